The summed E-state index contributed by atoms with van der Waals surface area (Å²) in [6.07, 6.45) is 0.789. The Morgan fingerprint density at radius 3 is 2.47 bits per heavy atom. The maximum absolute atomic E-state index is 11.9. The van der Waals surface area contributed by atoms with Crippen LogP contribution in [0.5, 0.6) is 0 Å². The molecule has 0 aliphatic heterocycles. The minimum Gasteiger partial charge on any atom is -0.274 e. The summed E-state index contributed by atoms with van der Waals surface area (Å²) in [6, 6.07) is 4.46. The van der Waals surface area contributed by atoms with E-state index in [2.05, 4.69) is 4.98 Å². The average molecular weight is 268 g/mol. The van der Waals surface area contributed by atoms with E-state index < -0.39 is 27.9 Å². The fourth-order valence-electron chi connectivity index (χ4n) is 0.911. The number of nitrogens with zero attached hydrogens (tertiary/aromatic N) is 1. The maximum Gasteiger partial charge on any atom is 0.516 e. The van der Waals surface area contributed by atoms with Gasteiger partial charge in [-0.2, -0.15) is 21.6 Å². The van der Waals surface area contributed by atoms with Crippen LogP contribution in [0.25, 0.3) is 0 Å². The molecule has 0 bridgehead atoms. The van der Waals surface area contributed by atoms with Gasteiger partial charge in [-0.05, 0) is 12.1 Å². The topological polar surface area (TPSA) is 76.1 Å². The number of carbonyl (C=O) groups is 1. The highest BCUT2D eigenvalue weighted by Gasteiger charge is 2.46. The van der Waals surface area contributed by atoms with Crippen LogP contribution in [0.1, 0.15) is 5.69 Å². The number of pyridine rings is 1. The van der Waals surface area contributed by atoms with Crippen molar-refractivity contribution in [3.8, 4) is 0 Å². The number of sulfonamides is 1. The zero-order valence-electron chi connectivity index (χ0n) is 8.23. The van der Waals surface area contributed by atoms with Crippen LogP contribution >= 0.6 is 0 Å². The third kappa shape index (κ3) is 3.70. The van der Waals surface area contributed by atoms with Gasteiger partial charge in [0.15, 0.2) is 0 Å². The first-order chi connectivity index (χ1) is 7.72. The quantitative estimate of drug-likeness (QED) is 0.870. The van der Waals surface area contributed by atoms with Crippen LogP contribution in [0, 0.1) is 0 Å². The predicted octanol–water partition coefficient (Wildman–Crippen LogP) is 0.590. The van der Waals surface area contributed by atoms with Gasteiger partial charge in [0.2, 0.25) is 5.91 Å². The molecule has 0 aliphatic carbocycles. The van der Waals surface area contributed by atoms with Crippen molar-refractivity contribution in [3.05, 3.63) is 30.1 Å². The van der Waals surface area contributed by atoms with Gasteiger partial charge < -0.3 is 0 Å². The molecule has 0 unspecified atom stereocenters. The second-order valence-electron chi connectivity index (χ2n) is 2.97. The van der Waals surface area contributed by atoms with Crippen LogP contribution in [0.3, 0.4) is 0 Å². The van der Waals surface area contributed by atoms with Crippen LogP contribution < -0.4 is 4.72 Å². The summed E-state index contributed by atoms with van der Waals surface area (Å²) in [5.41, 5.74) is -5.34. The van der Waals surface area contributed by atoms with Crippen LogP contribution in [0.4, 0.5) is 13.2 Å². The minimum absolute atomic E-state index is 0.169. The first kappa shape index (κ1) is 13.4. The SMILES string of the molecule is O=C(Cc1ccccn1)NS(=O)(=O)C(F)(F)F. The Labute approximate surface area is 94.7 Å². The number of rotatable bonds is 3. The standard InChI is InChI=1S/C8H7F3N2O3S/c9-8(10,11)17(15,16)13-7(14)5-6-3-1-2-4-12-6/h1-4H,5H2,(H,13,14). The molecule has 0 radical (unpaired) electrons. The minimum atomic E-state index is -5.64. The van der Waals surface area contributed by atoms with Crippen LogP contribution in [0.15, 0.2) is 24.4 Å². The van der Waals surface area contributed by atoms with E-state index in [4.69, 9.17) is 0 Å². The molecule has 0 atom stereocenters. The molecule has 0 fully saturated rings. The monoisotopic (exact) mass is 268 g/mol. The fraction of sp³-hybridized carbons (Fsp3) is 0.250. The average Bonchev–Trinajstić information content (AvgIpc) is 2.16. The normalized spacial score (nSPS) is 12.2. The molecule has 0 saturated heterocycles. The summed E-state index contributed by atoms with van der Waals surface area (Å²) >= 11 is 0. The number of nitrogens with one attached hydrogen (secondary N) is 1. The molecule has 0 aromatic carbocycles. The Balaban J connectivity index is 2.69. The largest absolute Gasteiger partial charge is 0.516 e. The van der Waals surface area contributed by atoms with Crippen molar-refractivity contribution < 1.29 is 26.4 Å². The summed E-state index contributed by atoms with van der Waals surface area (Å²) in [5, 5.41) is 0. The molecular weight excluding hydrogens is 261 g/mol. The zero-order valence-corrected chi connectivity index (χ0v) is 9.05. The van der Waals surface area contributed by atoms with Crippen molar-refractivity contribution >= 4 is 15.9 Å². The third-order valence-corrected chi connectivity index (χ3v) is 2.73. The summed E-state index contributed by atoms with van der Waals surface area (Å²) in [4.78, 5) is 14.7. The lowest BCUT2D eigenvalue weighted by Crippen LogP contribution is -2.40. The smallest absolute Gasteiger partial charge is 0.274 e. The molecule has 1 aromatic rings. The Hall–Kier alpha value is -1.64. The van der Waals surface area contributed by atoms with Crippen molar-refractivity contribution in [2.45, 2.75) is 11.9 Å². The fourth-order valence-corrected chi connectivity index (χ4v) is 1.40. The molecule has 94 valence electrons. The van der Waals surface area contributed by atoms with Crippen LogP contribution in [0.2, 0.25) is 0 Å². The van der Waals surface area contributed by atoms with Gasteiger partial charge in [-0.3, -0.25) is 9.78 Å². The number of hydrogen-bond acceptors (Lipinski definition) is 4. The highest BCUT2D eigenvalue weighted by molar-refractivity contribution is 7.90. The maximum atomic E-state index is 11.9. The van der Waals surface area contributed by atoms with E-state index in [9.17, 15) is 26.4 Å². The number of amides is 1. The first-order valence-electron chi connectivity index (χ1n) is 4.24. The molecule has 1 aromatic heterocycles. The van der Waals surface area contributed by atoms with E-state index in [0.717, 1.165) is 4.72 Å². The lowest BCUT2D eigenvalue weighted by atomic mass is 10.3. The van der Waals surface area contributed by atoms with Gasteiger partial charge in [0.1, 0.15) is 0 Å². The zero-order chi connectivity index (χ0) is 13.1. The van der Waals surface area contributed by atoms with E-state index >= 15 is 0 Å². The van der Waals surface area contributed by atoms with Gasteiger partial charge in [0.25, 0.3) is 0 Å². The summed E-state index contributed by atoms with van der Waals surface area (Å²) in [6.45, 7) is 0. The second kappa shape index (κ2) is 4.70. The van der Waals surface area contributed by atoms with Gasteiger partial charge in [-0.15, -0.1) is 0 Å². The van der Waals surface area contributed by atoms with Crippen molar-refractivity contribution in [2.24, 2.45) is 0 Å². The van der Waals surface area contributed by atoms with Gasteiger partial charge in [0, 0.05) is 11.9 Å². The molecule has 0 aliphatic rings. The van der Waals surface area contributed by atoms with E-state index in [1.54, 1.807) is 6.07 Å². The Morgan fingerprint density at radius 2 is 2.00 bits per heavy atom. The highest BCUT2D eigenvalue weighted by Crippen LogP contribution is 2.21. The van der Waals surface area contributed by atoms with E-state index in [1.807, 2.05) is 0 Å². The molecule has 0 spiro atoms. The summed E-state index contributed by atoms with van der Waals surface area (Å²) in [7, 11) is -5.64. The van der Waals surface area contributed by atoms with Crippen LogP contribution in [-0.2, 0) is 21.2 Å². The van der Waals surface area contributed by atoms with E-state index in [-0.39, 0.29) is 5.69 Å². The van der Waals surface area contributed by atoms with Gasteiger partial charge >= 0.3 is 15.5 Å². The lowest BCUT2D eigenvalue weighted by Gasteiger charge is -2.08. The number of hydrogen-bond donors (Lipinski definition) is 1. The van der Waals surface area contributed by atoms with Crippen molar-refractivity contribution in [1.82, 2.24) is 9.71 Å². The van der Waals surface area contributed by atoms with Crippen molar-refractivity contribution in [1.29, 1.82) is 0 Å². The number of carbonyl (C=O) groups excluding carboxylic acids is 1. The summed E-state index contributed by atoms with van der Waals surface area (Å²) in [5.74, 6) is -1.29. The molecule has 0 saturated carbocycles. The first-order valence-corrected chi connectivity index (χ1v) is 5.72. The van der Waals surface area contributed by atoms with E-state index in [1.165, 1.54) is 18.3 Å². The third-order valence-electron chi connectivity index (χ3n) is 1.62. The van der Waals surface area contributed by atoms with Crippen LogP contribution in [-0.4, -0.2) is 24.8 Å². The number of alkyl halides is 3. The Bertz CT molecular complexity index is 498. The number of aromatic nitrogens is 1. The Kier molecular flexibility index (Phi) is 3.71. The molecule has 17 heavy (non-hydrogen) atoms. The van der Waals surface area contributed by atoms with Crippen molar-refractivity contribution in [3.63, 3.8) is 0 Å². The molecule has 9 heteroatoms. The Morgan fingerprint density at radius 1 is 1.35 bits per heavy atom. The number of halogens is 3. The molecule has 1 rings (SSSR count). The van der Waals surface area contributed by atoms with Crippen molar-refractivity contribution in [2.75, 3.05) is 0 Å². The molecular formula is C8H7F3N2O3S. The highest BCUT2D eigenvalue weighted by atomic mass is 32.2. The molecule has 5 nitrogen and oxygen atoms in total. The molecule has 1 heterocycles. The van der Waals surface area contributed by atoms with Gasteiger partial charge in [-0.1, -0.05) is 6.07 Å². The predicted molar refractivity (Wildman–Crippen MR) is 51.1 cm³/mol. The van der Waals surface area contributed by atoms with Gasteiger partial charge in [0.05, 0.1) is 6.42 Å². The van der Waals surface area contributed by atoms with Gasteiger partial charge in [-0.25, -0.2) is 4.72 Å². The molecule has 1 amide bonds. The summed E-state index contributed by atoms with van der Waals surface area (Å²) < 4.78 is 57.8. The lowest BCUT2D eigenvalue weighted by molar-refractivity contribution is -0.119. The van der Waals surface area contributed by atoms with E-state index in [0.29, 0.717) is 0 Å². The molecule has 1 N–H and O–H groups in total. The second-order valence-corrected chi connectivity index (χ2v) is 4.65.